The van der Waals surface area contributed by atoms with E-state index in [2.05, 4.69) is 59.4 Å². The first-order chi connectivity index (χ1) is 10.1. The number of piperazine rings is 1. The average Bonchev–Trinajstić information content (AvgIpc) is 2.90. The molecule has 2 unspecified atom stereocenters. The van der Waals surface area contributed by atoms with Gasteiger partial charge in [-0.25, -0.2) is 0 Å². The van der Waals surface area contributed by atoms with E-state index in [1.807, 2.05) is 4.68 Å². The summed E-state index contributed by atoms with van der Waals surface area (Å²) in [4.78, 5) is 5.00. The van der Waals surface area contributed by atoms with Crippen molar-refractivity contribution in [1.82, 2.24) is 30.1 Å². The molecular formula is C15H30N6. The van der Waals surface area contributed by atoms with Crippen molar-refractivity contribution in [1.29, 1.82) is 0 Å². The average molecular weight is 294 g/mol. The summed E-state index contributed by atoms with van der Waals surface area (Å²) in [5, 5.41) is 11.8. The van der Waals surface area contributed by atoms with Crippen LogP contribution in [0.25, 0.3) is 0 Å². The quantitative estimate of drug-likeness (QED) is 0.754. The first-order valence-corrected chi connectivity index (χ1v) is 8.14. The highest BCUT2D eigenvalue weighted by atomic mass is 15.4. The minimum absolute atomic E-state index is 0.623. The molecule has 0 aliphatic carbocycles. The molecule has 1 aliphatic heterocycles. The third-order valence-electron chi connectivity index (χ3n) is 4.40. The first kappa shape index (κ1) is 16.4. The molecule has 0 aromatic carbocycles. The van der Waals surface area contributed by atoms with Crippen LogP contribution in [-0.4, -0.2) is 70.1 Å². The lowest BCUT2D eigenvalue weighted by Crippen LogP contribution is -2.55. The van der Waals surface area contributed by atoms with E-state index >= 15 is 0 Å². The molecule has 0 radical (unpaired) electrons. The Morgan fingerprint density at radius 1 is 1.24 bits per heavy atom. The number of nitrogens with one attached hydrogen (secondary N) is 1. The molecule has 1 aromatic rings. The van der Waals surface area contributed by atoms with E-state index in [4.69, 9.17) is 0 Å². The first-order valence-electron chi connectivity index (χ1n) is 8.14. The number of rotatable bonds is 7. The molecule has 2 atom stereocenters. The van der Waals surface area contributed by atoms with Gasteiger partial charge in [0.05, 0.1) is 12.2 Å². The summed E-state index contributed by atoms with van der Waals surface area (Å²) in [6, 6.07) is 1.25. The Morgan fingerprint density at radius 3 is 2.62 bits per heavy atom. The molecule has 1 aromatic heterocycles. The van der Waals surface area contributed by atoms with E-state index in [0.717, 1.165) is 51.4 Å². The van der Waals surface area contributed by atoms with Crippen molar-refractivity contribution in [2.75, 3.05) is 33.2 Å². The van der Waals surface area contributed by atoms with E-state index in [1.54, 1.807) is 0 Å². The molecule has 6 nitrogen and oxygen atoms in total. The SMILES string of the molecule is CCCNCc1cn(CCN2CC(C)N(C)C(C)C2)nn1. The fourth-order valence-corrected chi connectivity index (χ4v) is 2.86. The summed E-state index contributed by atoms with van der Waals surface area (Å²) < 4.78 is 1.97. The van der Waals surface area contributed by atoms with Gasteiger partial charge in [-0.3, -0.25) is 14.5 Å². The Morgan fingerprint density at radius 2 is 1.95 bits per heavy atom. The number of hydrogen-bond acceptors (Lipinski definition) is 5. The number of likely N-dealkylation sites (N-methyl/N-ethyl adjacent to an activating group) is 1. The highest BCUT2D eigenvalue weighted by molar-refractivity contribution is 4.91. The van der Waals surface area contributed by atoms with Crippen LogP contribution in [-0.2, 0) is 13.1 Å². The van der Waals surface area contributed by atoms with Crippen molar-refractivity contribution in [2.24, 2.45) is 0 Å². The molecule has 120 valence electrons. The van der Waals surface area contributed by atoms with Gasteiger partial charge in [0, 0.05) is 44.5 Å². The van der Waals surface area contributed by atoms with Crippen molar-refractivity contribution in [2.45, 2.75) is 52.4 Å². The summed E-state index contributed by atoms with van der Waals surface area (Å²) in [6.07, 6.45) is 3.21. The summed E-state index contributed by atoms with van der Waals surface area (Å²) in [5.74, 6) is 0. The molecule has 0 spiro atoms. The van der Waals surface area contributed by atoms with Gasteiger partial charge in [0.2, 0.25) is 0 Å². The van der Waals surface area contributed by atoms with Gasteiger partial charge in [-0.2, -0.15) is 0 Å². The van der Waals surface area contributed by atoms with Gasteiger partial charge < -0.3 is 5.32 Å². The van der Waals surface area contributed by atoms with Crippen molar-refractivity contribution in [3.05, 3.63) is 11.9 Å². The molecule has 1 N–H and O–H groups in total. The Kier molecular flexibility index (Phi) is 6.14. The minimum Gasteiger partial charge on any atom is -0.311 e. The number of aromatic nitrogens is 3. The molecular weight excluding hydrogens is 264 g/mol. The van der Waals surface area contributed by atoms with Crippen molar-refractivity contribution < 1.29 is 0 Å². The summed E-state index contributed by atoms with van der Waals surface area (Å²) in [5.41, 5.74) is 1.03. The Bertz CT molecular complexity index is 406. The van der Waals surface area contributed by atoms with Gasteiger partial charge in [-0.1, -0.05) is 12.1 Å². The maximum atomic E-state index is 4.22. The molecule has 2 heterocycles. The van der Waals surface area contributed by atoms with E-state index < -0.39 is 0 Å². The molecule has 0 amide bonds. The van der Waals surface area contributed by atoms with Gasteiger partial charge >= 0.3 is 0 Å². The maximum Gasteiger partial charge on any atom is 0.0964 e. The molecule has 21 heavy (non-hydrogen) atoms. The standard InChI is InChI=1S/C15H30N6/c1-5-6-16-9-15-12-21(18-17-15)8-7-20-10-13(2)19(4)14(3)11-20/h12-14,16H,5-11H2,1-4H3. The van der Waals surface area contributed by atoms with Crippen LogP contribution in [0.2, 0.25) is 0 Å². The monoisotopic (exact) mass is 294 g/mol. The van der Waals surface area contributed by atoms with Crippen LogP contribution in [0.5, 0.6) is 0 Å². The fourth-order valence-electron chi connectivity index (χ4n) is 2.86. The van der Waals surface area contributed by atoms with Crippen LogP contribution in [0.1, 0.15) is 32.9 Å². The highest BCUT2D eigenvalue weighted by Crippen LogP contribution is 2.12. The van der Waals surface area contributed by atoms with Crippen LogP contribution >= 0.6 is 0 Å². The summed E-state index contributed by atoms with van der Waals surface area (Å²) >= 11 is 0. The summed E-state index contributed by atoms with van der Waals surface area (Å²) in [6.45, 7) is 12.9. The number of nitrogens with zero attached hydrogens (tertiary/aromatic N) is 5. The van der Waals surface area contributed by atoms with Gasteiger partial charge in [-0.15, -0.1) is 5.10 Å². The van der Waals surface area contributed by atoms with E-state index in [0.29, 0.717) is 12.1 Å². The zero-order chi connectivity index (χ0) is 15.2. The third-order valence-corrected chi connectivity index (χ3v) is 4.40. The van der Waals surface area contributed by atoms with Crippen molar-refractivity contribution in [3.8, 4) is 0 Å². The van der Waals surface area contributed by atoms with Gasteiger partial charge in [-0.05, 0) is 33.9 Å². The smallest absolute Gasteiger partial charge is 0.0964 e. The molecule has 2 rings (SSSR count). The normalized spacial score (nSPS) is 24.6. The van der Waals surface area contributed by atoms with Gasteiger partial charge in [0.25, 0.3) is 0 Å². The van der Waals surface area contributed by atoms with Crippen LogP contribution < -0.4 is 5.32 Å². The second-order valence-corrected chi connectivity index (χ2v) is 6.27. The van der Waals surface area contributed by atoms with Crippen molar-refractivity contribution in [3.63, 3.8) is 0 Å². The molecule has 1 aliphatic rings. The Balaban J connectivity index is 1.75. The fraction of sp³-hybridized carbons (Fsp3) is 0.867. The minimum atomic E-state index is 0.623. The molecule has 0 bridgehead atoms. The van der Waals surface area contributed by atoms with Gasteiger partial charge in [0.1, 0.15) is 0 Å². The predicted molar refractivity (Wildman–Crippen MR) is 85.1 cm³/mol. The lowest BCUT2D eigenvalue weighted by Gasteiger charge is -2.42. The van der Waals surface area contributed by atoms with E-state index in [-0.39, 0.29) is 0 Å². The van der Waals surface area contributed by atoms with Crippen LogP contribution in [0, 0.1) is 0 Å². The van der Waals surface area contributed by atoms with E-state index in [9.17, 15) is 0 Å². The Labute approximate surface area is 128 Å². The topological polar surface area (TPSA) is 49.2 Å². The molecule has 1 saturated heterocycles. The van der Waals surface area contributed by atoms with E-state index in [1.165, 1.54) is 0 Å². The zero-order valence-electron chi connectivity index (χ0n) is 13.9. The lowest BCUT2D eigenvalue weighted by molar-refractivity contribution is 0.0574. The molecule has 0 saturated carbocycles. The van der Waals surface area contributed by atoms with Crippen LogP contribution in [0.4, 0.5) is 0 Å². The maximum absolute atomic E-state index is 4.22. The Hall–Kier alpha value is -0.980. The number of hydrogen-bond donors (Lipinski definition) is 1. The zero-order valence-corrected chi connectivity index (χ0v) is 13.9. The van der Waals surface area contributed by atoms with Crippen molar-refractivity contribution >= 4 is 0 Å². The molecule has 6 heteroatoms. The lowest BCUT2D eigenvalue weighted by atomic mass is 10.1. The molecule has 1 fully saturated rings. The highest BCUT2D eigenvalue weighted by Gasteiger charge is 2.25. The third kappa shape index (κ3) is 4.76. The second kappa shape index (κ2) is 7.87. The largest absolute Gasteiger partial charge is 0.311 e. The van der Waals surface area contributed by atoms with Crippen LogP contribution in [0.3, 0.4) is 0 Å². The predicted octanol–water partition coefficient (Wildman–Crippen LogP) is 0.802. The van der Waals surface area contributed by atoms with Crippen LogP contribution in [0.15, 0.2) is 6.20 Å². The van der Waals surface area contributed by atoms with Gasteiger partial charge in [0.15, 0.2) is 0 Å². The summed E-state index contributed by atoms with van der Waals surface area (Å²) in [7, 11) is 2.22. The second-order valence-electron chi connectivity index (χ2n) is 6.27.